The van der Waals surface area contributed by atoms with E-state index in [2.05, 4.69) is 48.7 Å². The zero-order valence-corrected chi connectivity index (χ0v) is 24.8. The molecule has 4 rings (SSSR count). The molecule has 228 valence electrons. The Kier molecular flexibility index (Phi) is 14.0. The number of nitrogens with zero attached hydrogens (tertiary/aromatic N) is 1. The van der Waals surface area contributed by atoms with Crippen LogP contribution in [0.1, 0.15) is 66.9 Å². The summed E-state index contributed by atoms with van der Waals surface area (Å²) in [5.74, 6) is 1.51. The van der Waals surface area contributed by atoms with Gasteiger partial charge in [-0.3, -0.25) is 14.4 Å². The third-order valence-corrected chi connectivity index (χ3v) is 7.35. The van der Waals surface area contributed by atoms with E-state index in [4.69, 9.17) is 24.8 Å². The van der Waals surface area contributed by atoms with Crippen molar-refractivity contribution in [2.24, 2.45) is 5.73 Å². The molecule has 2 aromatic carbocycles. The summed E-state index contributed by atoms with van der Waals surface area (Å²) in [5, 5.41) is 8.62. The van der Waals surface area contributed by atoms with Crippen molar-refractivity contribution in [1.29, 1.82) is 0 Å². The van der Waals surface area contributed by atoms with Crippen LogP contribution in [0, 0.1) is 0 Å². The smallest absolute Gasteiger partial charge is 0.254 e. The van der Waals surface area contributed by atoms with Gasteiger partial charge in [-0.05, 0) is 79.8 Å². The third-order valence-electron chi connectivity index (χ3n) is 7.35. The van der Waals surface area contributed by atoms with Gasteiger partial charge in [-0.25, -0.2) is 0 Å². The summed E-state index contributed by atoms with van der Waals surface area (Å²) in [7, 11) is 0. The van der Waals surface area contributed by atoms with Gasteiger partial charge in [-0.2, -0.15) is 0 Å². The van der Waals surface area contributed by atoms with Crippen LogP contribution in [0.5, 0.6) is 5.75 Å². The highest BCUT2D eigenvalue weighted by Crippen LogP contribution is 2.29. The number of imide groups is 1. The molecule has 0 radical (unpaired) electrons. The van der Waals surface area contributed by atoms with Crippen molar-refractivity contribution in [2.75, 3.05) is 44.8 Å². The van der Waals surface area contributed by atoms with E-state index in [0.717, 1.165) is 80.1 Å². The van der Waals surface area contributed by atoms with Gasteiger partial charge in [0.15, 0.2) is 0 Å². The molecule has 2 aliphatic rings. The molecular formula is C32H45N5O5. The second-order valence-corrected chi connectivity index (χ2v) is 10.5. The quantitative estimate of drug-likeness (QED) is 0.165. The summed E-state index contributed by atoms with van der Waals surface area (Å²) in [6.45, 7) is 9.43. The van der Waals surface area contributed by atoms with Crippen molar-refractivity contribution < 1.29 is 23.9 Å². The maximum absolute atomic E-state index is 12.7. The van der Waals surface area contributed by atoms with Crippen molar-refractivity contribution in [1.82, 2.24) is 15.5 Å². The minimum absolute atomic E-state index is 0.145. The number of nitrogens with two attached hydrogens (primary N) is 1. The fourth-order valence-electron chi connectivity index (χ4n) is 4.84. The minimum atomic E-state index is 0.145. The number of hydrogen-bond donors (Lipinski definition) is 4. The number of carbonyl (C=O) groups excluding carboxylic acids is 3. The molecule has 0 aliphatic carbocycles. The average molecular weight is 580 g/mol. The molecule has 1 unspecified atom stereocenters. The second-order valence-electron chi connectivity index (χ2n) is 10.5. The monoisotopic (exact) mass is 579 g/mol. The SMILES string of the molecule is CCCC(C)N1Cc2cc(OCCCCNC/C(=C/Nc3cccc(C4COC4)c3)CN)ccc2C1=O.O=CNC=O. The van der Waals surface area contributed by atoms with Crippen LogP contribution in [0.4, 0.5) is 5.69 Å². The number of benzene rings is 2. The molecular weight excluding hydrogens is 534 g/mol. The number of unbranched alkanes of at least 4 members (excludes halogenated alkanes) is 1. The Hall–Kier alpha value is -3.73. The summed E-state index contributed by atoms with van der Waals surface area (Å²) < 4.78 is 11.3. The second kappa shape index (κ2) is 17.9. The molecule has 0 saturated carbocycles. The molecule has 10 heteroatoms. The van der Waals surface area contributed by atoms with Crippen LogP contribution in [0.25, 0.3) is 0 Å². The van der Waals surface area contributed by atoms with Crippen LogP contribution in [-0.4, -0.2) is 69.1 Å². The molecule has 0 spiro atoms. The first-order valence-electron chi connectivity index (χ1n) is 14.7. The molecule has 0 bridgehead atoms. The molecule has 0 aromatic heterocycles. The van der Waals surface area contributed by atoms with Crippen LogP contribution < -0.4 is 26.4 Å². The Labute approximate surface area is 249 Å². The lowest BCUT2D eigenvalue weighted by atomic mass is 9.97. The molecule has 2 heterocycles. The van der Waals surface area contributed by atoms with Crippen LogP contribution >= 0.6 is 0 Å². The predicted octanol–water partition coefficient (Wildman–Crippen LogP) is 3.54. The number of fused-ring (bicyclic) bond motifs is 1. The maximum atomic E-state index is 12.7. The van der Waals surface area contributed by atoms with E-state index in [0.29, 0.717) is 38.4 Å². The predicted molar refractivity (Wildman–Crippen MR) is 164 cm³/mol. The van der Waals surface area contributed by atoms with Gasteiger partial charge in [-0.1, -0.05) is 25.5 Å². The third kappa shape index (κ3) is 9.97. The standard InChI is InChI=1S/C30H42N4O3.C2H3NO2/c1-3-7-22(2)34-19-25-15-28(10-11-29(25)30(34)35)37-13-5-4-12-32-17-23(16-31)18-33-27-9-6-8-24(14-27)26-20-36-21-26;4-1-3-2-5/h6,8-11,14-15,18,22,26,32-33H,3-5,7,12-13,16-17,19-21,31H2,1-2H3;1-2H,(H,3,4,5)/b23-18+;. The molecule has 42 heavy (non-hydrogen) atoms. The molecule has 5 N–H and O–H groups in total. The number of carbonyl (C=O) groups is 3. The van der Waals surface area contributed by atoms with Crippen LogP contribution in [-0.2, 0) is 20.9 Å². The first-order chi connectivity index (χ1) is 20.5. The molecule has 2 aromatic rings. The lowest BCUT2D eigenvalue weighted by Gasteiger charge is -2.26. The van der Waals surface area contributed by atoms with Gasteiger partial charge in [-0.15, -0.1) is 0 Å². The molecule has 10 nitrogen and oxygen atoms in total. The number of rotatable bonds is 17. The number of ether oxygens (including phenoxy) is 2. The highest BCUT2D eigenvalue weighted by atomic mass is 16.5. The Morgan fingerprint density at radius 1 is 1.17 bits per heavy atom. The molecule has 3 amide bonds. The van der Waals surface area contributed by atoms with E-state index in [1.807, 2.05) is 29.3 Å². The van der Waals surface area contributed by atoms with Gasteiger partial charge >= 0.3 is 0 Å². The Bertz CT molecular complexity index is 1180. The van der Waals surface area contributed by atoms with Crippen molar-refractivity contribution in [3.8, 4) is 5.75 Å². The fraction of sp³-hybridized carbons (Fsp3) is 0.469. The summed E-state index contributed by atoms with van der Waals surface area (Å²) in [6.07, 6.45) is 6.72. The molecule has 1 atom stereocenters. The number of amides is 3. The van der Waals surface area contributed by atoms with Gasteiger partial charge in [0, 0.05) is 49.0 Å². The summed E-state index contributed by atoms with van der Waals surface area (Å²) in [6, 6.07) is 14.6. The largest absolute Gasteiger partial charge is 0.494 e. The highest BCUT2D eigenvalue weighted by Gasteiger charge is 2.30. The summed E-state index contributed by atoms with van der Waals surface area (Å²) in [5.41, 5.74) is 11.4. The van der Waals surface area contributed by atoms with Crippen LogP contribution in [0.2, 0.25) is 0 Å². The summed E-state index contributed by atoms with van der Waals surface area (Å²) in [4.78, 5) is 32.8. The maximum Gasteiger partial charge on any atom is 0.254 e. The lowest BCUT2D eigenvalue weighted by Crippen LogP contribution is -2.33. The number of nitrogens with one attached hydrogen (secondary N) is 3. The normalized spacial score (nSPS) is 15.2. The zero-order chi connectivity index (χ0) is 30.2. The van der Waals surface area contributed by atoms with Gasteiger partial charge < -0.3 is 36.1 Å². The lowest BCUT2D eigenvalue weighted by molar-refractivity contribution is -0.117. The molecule has 1 saturated heterocycles. The van der Waals surface area contributed by atoms with E-state index in [1.165, 1.54) is 5.56 Å². The first-order valence-corrected chi connectivity index (χ1v) is 14.7. The first kappa shape index (κ1) is 32.8. The van der Waals surface area contributed by atoms with E-state index >= 15 is 0 Å². The average Bonchev–Trinajstić information content (AvgIpc) is 3.30. The van der Waals surface area contributed by atoms with E-state index in [1.54, 1.807) is 5.32 Å². The van der Waals surface area contributed by atoms with Crippen molar-refractivity contribution in [3.63, 3.8) is 0 Å². The number of hydrogen-bond acceptors (Lipinski definition) is 8. The van der Waals surface area contributed by atoms with E-state index in [-0.39, 0.29) is 11.9 Å². The van der Waals surface area contributed by atoms with Gasteiger partial charge in [0.25, 0.3) is 5.91 Å². The molecule has 1 fully saturated rings. The highest BCUT2D eigenvalue weighted by molar-refractivity contribution is 5.98. The summed E-state index contributed by atoms with van der Waals surface area (Å²) >= 11 is 0. The van der Waals surface area contributed by atoms with Crippen molar-refractivity contribution in [3.05, 3.63) is 70.9 Å². The minimum Gasteiger partial charge on any atom is -0.494 e. The van der Waals surface area contributed by atoms with Gasteiger partial charge in [0.05, 0.1) is 19.8 Å². The van der Waals surface area contributed by atoms with Crippen molar-refractivity contribution in [2.45, 2.75) is 58.0 Å². The van der Waals surface area contributed by atoms with Gasteiger partial charge in [0.1, 0.15) is 5.75 Å². The Morgan fingerprint density at radius 3 is 2.64 bits per heavy atom. The van der Waals surface area contributed by atoms with E-state index in [9.17, 15) is 4.79 Å². The van der Waals surface area contributed by atoms with Gasteiger partial charge in [0.2, 0.25) is 12.8 Å². The zero-order valence-electron chi connectivity index (χ0n) is 24.8. The van der Waals surface area contributed by atoms with Crippen LogP contribution in [0.15, 0.2) is 54.2 Å². The Balaban J connectivity index is 0.000000892. The van der Waals surface area contributed by atoms with E-state index < -0.39 is 0 Å². The Morgan fingerprint density at radius 2 is 1.98 bits per heavy atom. The fourth-order valence-corrected chi connectivity index (χ4v) is 4.84. The van der Waals surface area contributed by atoms with Crippen LogP contribution in [0.3, 0.4) is 0 Å². The number of anilines is 1. The molecule has 2 aliphatic heterocycles. The van der Waals surface area contributed by atoms with Crippen molar-refractivity contribution >= 4 is 24.4 Å². The topological polar surface area (TPSA) is 135 Å².